The normalized spacial score (nSPS) is 27.3. The summed E-state index contributed by atoms with van der Waals surface area (Å²) in [4.78, 5) is 39.9. The van der Waals surface area contributed by atoms with Crippen LogP contribution in [0.4, 0.5) is 5.82 Å². The Balaban J connectivity index is 0.000000250. The third kappa shape index (κ3) is 10.1. The van der Waals surface area contributed by atoms with Crippen LogP contribution in [0.5, 0.6) is 0 Å². The average molecular weight is 846 g/mol. The first-order chi connectivity index (χ1) is 27.8. The number of piperidine rings is 2. The molecule has 14 nitrogen and oxygen atoms in total. The molecule has 4 saturated heterocycles. The van der Waals surface area contributed by atoms with E-state index in [2.05, 4.69) is 33.9 Å². The smallest absolute Gasteiger partial charge is 0.332 e. The summed E-state index contributed by atoms with van der Waals surface area (Å²) in [5.74, 6) is 0.143. The van der Waals surface area contributed by atoms with Crippen molar-refractivity contribution in [2.75, 3.05) is 58.4 Å². The first-order valence-electron chi connectivity index (χ1n) is 21.0. The van der Waals surface area contributed by atoms with Crippen LogP contribution in [0.3, 0.4) is 0 Å². The van der Waals surface area contributed by atoms with Gasteiger partial charge in [0.1, 0.15) is 11.3 Å². The number of methoxy groups -OCH3 is 2. The molecule has 16 heteroatoms. The largest absolute Gasteiger partial charge is 0.479 e. The molecule has 6 heterocycles. The highest BCUT2D eigenvalue weighted by Gasteiger charge is 2.40. The van der Waals surface area contributed by atoms with Gasteiger partial charge in [-0.25, -0.2) is 24.2 Å². The molecular weight excluding hydrogens is 783 g/mol. The minimum atomic E-state index is -0.886. The van der Waals surface area contributed by atoms with Crippen LogP contribution in [0.1, 0.15) is 89.4 Å². The Labute approximate surface area is 352 Å². The number of halogens is 2. The molecule has 0 amide bonds. The summed E-state index contributed by atoms with van der Waals surface area (Å²) in [5, 5.41) is 28.0. The van der Waals surface area contributed by atoms with E-state index < -0.39 is 24.1 Å². The summed E-state index contributed by atoms with van der Waals surface area (Å²) in [6.45, 7) is 14.5. The molecule has 0 radical (unpaired) electrons. The number of rotatable bonds is 13. The van der Waals surface area contributed by atoms with Gasteiger partial charge in [0.25, 0.3) is 0 Å². The van der Waals surface area contributed by atoms with Gasteiger partial charge in [0, 0.05) is 61.5 Å². The van der Waals surface area contributed by atoms with Crippen LogP contribution in [-0.2, 0) is 19.1 Å². The van der Waals surface area contributed by atoms with Crippen molar-refractivity contribution in [1.82, 2.24) is 34.9 Å². The molecule has 4 aliphatic rings. The number of fused-ring (bicyclic) bond motifs is 1. The first-order valence-corrected chi connectivity index (χ1v) is 21.7. The number of carboxylic acids is 2. The standard InChI is InChI=1S/C28H36Cl2N6O3.C14H26N2O3/c1-16-15-34(11-9-23(16)35-10-5-6-20(35)13-24(39-4)28(37)38)25-14-31-26-17(2)33-36(27(26)32-25)18(3)21-8-7-19(29)12-22(21)30;1-10-9-15-6-5-12(10)16-7-3-4-11(16)8-13(19-2)14(17)18/h7-8,12,14,16,18,20,23-24H,5-6,9-11,13,15H2,1-4H3,(H,37,38);10-13,15H,3-9H2,1-2H3,(H,17,18)/t16?,18-,20+,23?,24?;10?,11-,12?,13?/m10/s1. The predicted octanol–water partition coefficient (Wildman–Crippen LogP) is 6.16. The maximum absolute atomic E-state index is 11.6. The van der Waals surface area contributed by atoms with E-state index in [1.807, 2.05) is 36.9 Å². The zero-order valence-corrected chi connectivity index (χ0v) is 36.3. The number of benzene rings is 1. The number of likely N-dealkylation sites (tertiary alicyclic amines) is 2. The summed E-state index contributed by atoms with van der Waals surface area (Å²) >= 11 is 12.6. The molecule has 0 spiro atoms. The molecule has 0 bridgehead atoms. The third-order valence-electron chi connectivity index (χ3n) is 13.1. The first kappa shape index (κ1) is 44.4. The number of aliphatic carboxylic acids is 2. The predicted molar refractivity (Wildman–Crippen MR) is 226 cm³/mol. The molecule has 4 fully saturated rings. The monoisotopic (exact) mass is 844 g/mol. The van der Waals surface area contributed by atoms with Crippen LogP contribution in [0.25, 0.3) is 11.2 Å². The highest BCUT2D eigenvalue weighted by molar-refractivity contribution is 6.35. The van der Waals surface area contributed by atoms with Crippen molar-refractivity contribution in [3.05, 3.63) is 45.7 Å². The van der Waals surface area contributed by atoms with E-state index in [0.29, 0.717) is 52.8 Å². The Bertz CT molecular complexity index is 1870. The van der Waals surface area contributed by atoms with Gasteiger partial charge in [0.05, 0.1) is 17.9 Å². The maximum Gasteiger partial charge on any atom is 0.332 e. The van der Waals surface area contributed by atoms with Crippen LogP contribution in [0.15, 0.2) is 24.4 Å². The molecule has 0 saturated carbocycles. The van der Waals surface area contributed by atoms with Crippen molar-refractivity contribution in [2.24, 2.45) is 11.8 Å². The Morgan fingerprint density at radius 3 is 2.09 bits per heavy atom. The lowest BCUT2D eigenvalue weighted by atomic mass is 9.91. The van der Waals surface area contributed by atoms with Crippen molar-refractivity contribution in [2.45, 2.75) is 121 Å². The van der Waals surface area contributed by atoms with Gasteiger partial charge >= 0.3 is 11.9 Å². The molecule has 320 valence electrons. The minimum Gasteiger partial charge on any atom is -0.479 e. The van der Waals surface area contributed by atoms with Crippen molar-refractivity contribution in [1.29, 1.82) is 0 Å². The van der Waals surface area contributed by atoms with Crippen LogP contribution < -0.4 is 10.2 Å². The van der Waals surface area contributed by atoms with Crippen LogP contribution in [-0.4, -0.2) is 142 Å². The summed E-state index contributed by atoms with van der Waals surface area (Å²) in [6, 6.07) is 6.97. The van der Waals surface area contributed by atoms with E-state index in [1.165, 1.54) is 27.1 Å². The number of nitrogens with zero attached hydrogens (tertiary/aromatic N) is 7. The van der Waals surface area contributed by atoms with Gasteiger partial charge in [-0.3, -0.25) is 9.80 Å². The summed E-state index contributed by atoms with van der Waals surface area (Å²) in [5.41, 5.74) is 3.26. The number of hydrogen-bond acceptors (Lipinski definition) is 11. The second-order valence-electron chi connectivity index (χ2n) is 16.8. The van der Waals surface area contributed by atoms with Gasteiger partial charge in [0.15, 0.2) is 17.9 Å². The highest BCUT2D eigenvalue weighted by atomic mass is 35.5. The Kier molecular flexibility index (Phi) is 15.3. The Hall–Kier alpha value is -3.11. The Morgan fingerprint density at radius 1 is 0.914 bits per heavy atom. The number of aryl methyl sites for hydroxylation is 1. The quantitative estimate of drug-likeness (QED) is 0.180. The lowest BCUT2D eigenvalue weighted by Crippen LogP contribution is -2.52. The minimum absolute atomic E-state index is 0.144. The molecule has 0 aliphatic carbocycles. The topological polar surface area (TPSA) is 158 Å². The van der Waals surface area contributed by atoms with Gasteiger partial charge in [0.2, 0.25) is 0 Å². The number of aromatic nitrogens is 4. The second-order valence-corrected chi connectivity index (χ2v) is 17.6. The van der Waals surface area contributed by atoms with Gasteiger partial charge in [-0.2, -0.15) is 5.10 Å². The molecule has 1 aromatic carbocycles. The molecule has 3 aromatic rings. The maximum atomic E-state index is 11.6. The summed E-state index contributed by atoms with van der Waals surface area (Å²) < 4.78 is 12.2. The SMILES string of the molecule is COC(C[C@@H]1CCCN1C1CCN(c2cnc3c(C)nn([C@H](C)c4ccc(Cl)cc4Cl)c3n2)CC1C)C(=O)O.COC(C[C@@H]1CCCN1C1CCNCC1C)C(=O)O. The van der Waals surface area contributed by atoms with Crippen LogP contribution in [0.2, 0.25) is 10.0 Å². The van der Waals surface area contributed by atoms with Crippen molar-refractivity contribution in [3.63, 3.8) is 0 Å². The Morgan fingerprint density at radius 2 is 1.53 bits per heavy atom. The zero-order chi connectivity index (χ0) is 41.7. The van der Waals surface area contributed by atoms with Gasteiger partial charge in [-0.15, -0.1) is 0 Å². The van der Waals surface area contributed by atoms with Crippen molar-refractivity contribution < 1.29 is 29.3 Å². The van der Waals surface area contributed by atoms with Crippen molar-refractivity contribution in [3.8, 4) is 0 Å². The molecule has 58 heavy (non-hydrogen) atoms. The van der Waals surface area contributed by atoms with Crippen molar-refractivity contribution >= 4 is 52.1 Å². The van der Waals surface area contributed by atoms with E-state index in [4.69, 9.17) is 52.8 Å². The number of hydrogen-bond donors (Lipinski definition) is 3. The van der Waals surface area contributed by atoms with E-state index >= 15 is 0 Å². The number of carboxylic acid groups (broad SMARTS) is 2. The molecule has 9 atom stereocenters. The van der Waals surface area contributed by atoms with Crippen LogP contribution in [0, 0.1) is 18.8 Å². The molecule has 7 rings (SSSR count). The third-order valence-corrected chi connectivity index (χ3v) is 13.6. The van der Waals surface area contributed by atoms with E-state index in [1.54, 1.807) is 6.07 Å². The van der Waals surface area contributed by atoms with E-state index in [9.17, 15) is 14.7 Å². The number of nitrogens with one attached hydrogen (secondary N) is 1. The second kappa shape index (κ2) is 20.0. The lowest BCUT2D eigenvalue weighted by molar-refractivity contribution is -0.150. The zero-order valence-electron chi connectivity index (χ0n) is 34.8. The number of carbonyl (C=O) groups is 2. The van der Waals surface area contributed by atoms with Crippen LogP contribution >= 0.6 is 23.2 Å². The fourth-order valence-electron chi connectivity index (χ4n) is 9.95. The molecule has 2 aromatic heterocycles. The molecule has 3 N–H and O–H groups in total. The van der Waals surface area contributed by atoms with E-state index in [0.717, 1.165) is 93.2 Å². The number of ether oxygens (including phenoxy) is 2. The van der Waals surface area contributed by atoms with Gasteiger partial charge < -0.3 is 29.9 Å². The average Bonchev–Trinajstić information content (AvgIpc) is 3.94. The van der Waals surface area contributed by atoms with Gasteiger partial charge in [-0.05, 0) is 121 Å². The molecule has 4 aliphatic heterocycles. The molecule has 6 unspecified atom stereocenters. The fraction of sp³-hybridized carbons (Fsp3) is 0.690. The fourth-order valence-corrected chi connectivity index (χ4v) is 10.5. The molecular formula is C42H62Cl2N8O6. The number of anilines is 1. The van der Waals surface area contributed by atoms with Gasteiger partial charge in [-0.1, -0.05) is 43.1 Å². The summed E-state index contributed by atoms with van der Waals surface area (Å²) in [7, 11) is 2.97. The lowest BCUT2D eigenvalue weighted by Gasteiger charge is -2.44. The van der Waals surface area contributed by atoms with E-state index in [-0.39, 0.29) is 12.1 Å². The highest BCUT2D eigenvalue weighted by Crippen LogP contribution is 2.35. The summed E-state index contributed by atoms with van der Waals surface area (Å²) in [6.07, 6.45) is 8.11.